The summed E-state index contributed by atoms with van der Waals surface area (Å²) in [6, 6.07) is 12.4. The molecule has 1 aliphatic rings. The van der Waals surface area contributed by atoms with Crippen molar-refractivity contribution in [3.63, 3.8) is 0 Å². The van der Waals surface area contributed by atoms with Gasteiger partial charge in [0.15, 0.2) is 11.7 Å². The first-order valence-electron chi connectivity index (χ1n) is 8.86. The number of fused-ring (bicyclic) bond motifs is 2. The van der Waals surface area contributed by atoms with Gasteiger partial charge in [-0.15, -0.1) is 0 Å². The molecule has 0 radical (unpaired) electrons. The van der Waals surface area contributed by atoms with Gasteiger partial charge in [0.1, 0.15) is 12.3 Å². The fourth-order valence-electron chi connectivity index (χ4n) is 2.99. The third-order valence-electron chi connectivity index (χ3n) is 4.40. The zero-order valence-electron chi connectivity index (χ0n) is 15.8. The molecule has 148 valence electrons. The van der Waals surface area contributed by atoms with Crippen LogP contribution in [0.5, 0.6) is 5.75 Å². The first-order chi connectivity index (χ1) is 13.9. The second-order valence-electron chi connectivity index (χ2n) is 6.69. The van der Waals surface area contributed by atoms with Crippen molar-refractivity contribution in [3.05, 3.63) is 48.0 Å². The van der Waals surface area contributed by atoms with Crippen molar-refractivity contribution in [1.82, 2.24) is 9.88 Å². The van der Waals surface area contributed by atoms with Gasteiger partial charge in [-0.25, -0.2) is 4.98 Å². The number of carbonyl (C=O) groups excluding carboxylic acids is 3. The number of nitrogens with zero attached hydrogens (tertiary/aromatic N) is 3. The minimum Gasteiger partial charge on any atom is -0.482 e. The Bertz CT molecular complexity index is 1090. The molecule has 1 aliphatic heterocycles. The van der Waals surface area contributed by atoms with Crippen LogP contribution in [0.15, 0.2) is 42.5 Å². The van der Waals surface area contributed by atoms with Crippen LogP contribution in [0.3, 0.4) is 0 Å². The summed E-state index contributed by atoms with van der Waals surface area (Å²) in [5.74, 6) is -0.488. The van der Waals surface area contributed by atoms with Gasteiger partial charge in [0.2, 0.25) is 5.91 Å². The minimum absolute atomic E-state index is 0.164. The largest absolute Gasteiger partial charge is 0.482 e. The summed E-state index contributed by atoms with van der Waals surface area (Å²) >= 11 is 1.36. The molecule has 0 bridgehead atoms. The Balaban J connectivity index is 1.56. The van der Waals surface area contributed by atoms with Gasteiger partial charge in [-0.05, 0) is 30.3 Å². The molecule has 4 rings (SSSR count). The van der Waals surface area contributed by atoms with Crippen LogP contribution in [0.25, 0.3) is 10.2 Å². The number of amides is 3. The van der Waals surface area contributed by atoms with Crippen molar-refractivity contribution in [2.45, 2.75) is 0 Å². The number of nitrogens with one attached hydrogen (secondary N) is 1. The molecule has 0 atom stereocenters. The molecule has 2 aromatic carbocycles. The lowest BCUT2D eigenvalue weighted by Crippen LogP contribution is -2.43. The SMILES string of the molecule is CN(C)C(=O)c1ccc2c(c1)N(CC(=O)Nc1nc3ccccc3s1)C(=O)CO2. The molecule has 8 nitrogen and oxygen atoms in total. The Morgan fingerprint density at radius 3 is 2.79 bits per heavy atom. The lowest BCUT2D eigenvalue weighted by Gasteiger charge is -2.29. The Kier molecular flexibility index (Phi) is 4.89. The summed E-state index contributed by atoms with van der Waals surface area (Å²) in [6.45, 7) is -0.368. The van der Waals surface area contributed by atoms with Crippen LogP contribution in [-0.2, 0) is 9.59 Å². The highest BCUT2D eigenvalue weighted by molar-refractivity contribution is 7.22. The maximum atomic E-state index is 12.6. The van der Waals surface area contributed by atoms with E-state index in [2.05, 4.69) is 10.3 Å². The predicted molar refractivity (Wildman–Crippen MR) is 111 cm³/mol. The third-order valence-corrected chi connectivity index (χ3v) is 5.35. The summed E-state index contributed by atoms with van der Waals surface area (Å²) in [6.07, 6.45) is 0. The van der Waals surface area contributed by atoms with E-state index in [0.29, 0.717) is 22.1 Å². The van der Waals surface area contributed by atoms with E-state index in [1.54, 1.807) is 32.3 Å². The standard InChI is InChI=1S/C20H18N4O4S/c1-23(2)19(27)12-7-8-15-14(9-12)24(18(26)11-28-15)10-17(25)22-20-21-13-5-3-4-6-16(13)29-20/h3-9H,10-11H2,1-2H3,(H,21,22,25). The van der Waals surface area contributed by atoms with Crippen LogP contribution in [0.1, 0.15) is 10.4 Å². The summed E-state index contributed by atoms with van der Waals surface area (Å²) in [5, 5.41) is 3.21. The highest BCUT2D eigenvalue weighted by atomic mass is 32.1. The van der Waals surface area contributed by atoms with E-state index in [-0.39, 0.29) is 30.9 Å². The van der Waals surface area contributed by atoms with E-state index >= 15 is 0 Å². The number of para-hydroxylation sites is 1. The van der Waals surface area contributed by atoms with Crippen molar-refractivity contribution >= 4 is 50.1 Å². The quantitative estimate of drug-likeness (QED) is 0.713. The number of rotatable bonds is 4. The van der Waals surface area contributed by atoms with Crippen LogP contribution in [0.4, 0.5) is 10.8 Å². The monoisotopic (exact) mass is 410 g/mol. The Labute approximate surface area is 170 Å². The number of hydrogen-bond donors (Lipinski definition) is 1. The van der Waals surface area contributed by atoms with Crippen LogP contribution >= 0.6 is 11.3 Å². The highest BCUT2D eigenvalue weighted by Gasteiger charge is 2.28. The van der Waals surface area contributed by atoms with Gasteiger partial charge in [-0.2, -0.15) is 0 Å². The lowest BCUT2D eigenvalue weighted by atomic mass is 10.1. The second kappa shape index (κ2) is 7.51. The van der Waals surface area contributed by atoms with Gasteiger partial charge in [-0.3, -0.25) is 19.3 Å². The molecule has 0 saturated carbocycles. The minimum atomic E-state index is -0.380. The smallest absolute Gasteiger partial charge is 0.265 e. The Morgan fingerprint density at radius 2 is 2.03 bits per heavy atom. The molecule has 9 heteroatoms. The molecule has 3 amide bonds. The molecule has 0 fully saturated rings. The number of anilines is 2. The first-order valence-corrected chi connectivity index (χ1v) is 9.68. The molecule has 1 aromatic heterocycles. The average Bonchev–Trinajstić information content (AvgIpc) is 3.11. The van der Waals surface area contributed by atoms with Gasteiger partial charge >= 0.3 is 0 Å². The Morgan fingerprint density at radius 1 is 1.24 bits per heavy atom. The molecular formula is C20H18N4O4S. The third kappa shape index (κ3) is 3.77. The van der Waals surface area contributed by atoms with Crippen LogP contribution in [0, 0.1) is 0 Å². The number of benzene rings is 2. The summed E-state index contributed by atoms with van der Waals surface area (Å²) in [7, 11) is 3.29. The van der Waals surface area contributed by atoms with Crippen molar-refractivity contribution < 1.29 is 19.1 Å². The van der Waals surface area contributed by atoms with Crippen molar-refractivity contribution in [2.75, 3.05) is 37.5 Å². The van der Waals surface area contributed by atoms with Crippen LogP contribution in [-0.4, -0.2) is 54.9 Å². The fraction of sp³-hybridized carbons (Fsp3) is 0.200. The fourth-order valence-corrected chi connectivity index (χ4v) is 3.88. The molecule has 0 saturated heterocycles. The van der Waals surface area contributed by atoms with Crippen LogP contribution < -0.4 is 15.0 Å². The summed E-state index contributed by atoms with van der Waals surface area (Å²) < 4.78 is 6.40. The second-order valence-corrected chi connectivity index (χ2v) is 7.72. The van der Waals surface area contributed by atoms with Gasteiger partial charge < -0.3 is 15.0 Å². The van der Waals surface area contributed by atoms with E-state index in [1.807, 2.05) is 24.3 Å². The maximum Gasteiger partial charge on any atom is 0.265 e. The zero-order valence-corrected chi connectivity index (χ0v) is 16.7. The first kappa shape index (κ1) is 18.9. The van der Waals surface area contributed by atoms with Crippen molar-refractivity contribution in [1.29, 1.82) is 0 Å². The van der Waals surface area contributed by atoms with Crippen molar-refractivity contribution in [3.8, 4) is 5.75 Å². The number of thiazole rings is 1. The summed E-state index contributed by atoms with van der Waals surface area (Å²) in [4.78, 5) is 44.4. The van der Waals surface area contributed by atoms with Gasteiger partial charge in [0.05, 0.1) is 15.9 Å². The number of ether oxygens (including phenoxy) is 1. The Hall–Kier alpha value is -3.46. The molecule has 1 N–H and O–H groups in total. The van der Waals surface area contributed by atoms with Gasteiger partial charge in [0.25, 0.3) is 11.8 Å². The normalized spacial score (nSPS) is 13.0. The number of aromatic nitrogens is 1. The molecule has 3 aromatic rings. The average molecular weight is 410 g/mol. The van der Waals surface area contributed by atoms with Gasteiger partial charge in [0, 0.05) is 19.7 Å². The van der Waals surface area contributed by atoms with E-state index in [4.69, 9.17) is 4.74 Å². The van der Waals surface area contributed by atoms with Crippen LogP contribution in [0.2, 0.25) is 0 Å². The predicted octanol–water partition coefficient (Wildman–Crippen LogP) is 2.36. The van der Waals surface area contributed by atoms with E-state index in [0.717, 1.165) is 10.2 Å². The number of hydrogen-bond acceptors (Lipinski definition) is 6. The molecule has 0 unspecified atom stereocenters. The van der Waals surface area contributed by atoms with E-state index in [1.165, 1.54) is 21.1 Å². The zero-order chi connectivity index (χ0) is 20.5. The molecule has 0 aliphatic carbocycles. The highest BCUT2D eigenvalue weighted by Crippen LogP contribution is 2.33. The molecule has 2 heterocycles. The van der Waals surface area contributed by atoms with Crippen molar-refractivity contribution in [2.24, 2.45) is 0 Å². The molecule has 29 heavy (non-hydrogen) atoms. The molecular weight excluding hydrogens is 392 g/mol. The van der Waals surface area contributed by atoms with E-state index in [9.17, 15) is 14.4 Å². The maximum absolute atomic E-state index is 12.6. The van der Waals surface area contributed by atoms with E-state index < -0.39 is 0 Å². The van der Waals surface area contributed by atoms with Gasteiger partial charge in [-0.1, -0.05) is 23.5 Å². The summed E-state index contributed by atoms with van der Waals surface area (Å²) in [5.41, 5.74) is 1.60. The molecule has 0 spiro atoms. The topological polar surface area (TPSA) is 91.8 Å². The lowest BCUT2D eigenvalue weighted by molar-refractivity contribution is -0.123. The number of carbonyl (C=O) groups is 3.